The summed E-state index contributed by atoms with van der Waals surface area (Å²) in [4.78, 5) is 29.8. The van der Waals surface area contributed by atoms with Gasteiger partial charge in [-0.05, 0) is 36.6 Å². The van der Waals surface area contributed by atoms with Crippen molar-refractivity contribution in [3.05, 3.63) is 47.0 Å². The molecule has 2 aromatic carbocycles. The second-order valence-corrected chi connectivity index (χ2v) is 8.43. The average molecular weight is 459 g/mol. The van der Waals surface area contributed by atoms with Gasteiger partial charge in [0.25, 0.3) is 0 Å². The number of likely N-dealkylation sites (tertiary alicyclic amines) is 1. The lowest BCUT2D eigenvalue weighted by atomic mass is 10.0. The summed E-state index contributed by atoms with van der Waals surface area (Å²) in [5.41, 5.74) is 1.63. The molecule has 2 aromatic rings. The summed E-state index contributed by atoms with van der Waals surface area (Å²) < 4.78 is 15.9. The zero-order valence-corrected chi connectivity index (χ0v) is 19.2. The number of anilines is 1. The summed E-state index contributed by atoms with van der Waals surface area (Å²) in [5.74, 6) is 1.21. The first kappa shape index (κ1) is 22.3. The Morgan fingerprint density at radius 1 is 1.03 bits per heavy atom. The molecule has 2 fully saturated rings. The van der Waals surface area contributed by atoms with Crippen molar-refractivity contribution in [3.8, 4) is 17.2 Å². The molecule has 0 bridgehead atoms. The number of carbonyl (C=O) groups is 2. The molecule has 2 aliphatic heterocycles. The Labute approximate surface area is 192 Å². The van der Waals surface area contributed by atoms with E-state index in [1.807, 2.05) is 29.2 Å². The zero-order valence-electron chi connectivity index (χ0n) is 18.5. The lowest BCUT2D eigenvalue weighted by molar-refractivity contribution is -0.136. The first-order chi connectivity index (χ1) is 15.5. The molecule has 0 radical (unpaired) electrons. The summed E-state index contributed by atoms with van der Waals surface area (Å²) in [6.45, 7) is 0.987. The fourth-order valence-corrected chi connectivity index (χ4v) is 4.83. The van der Waals surface area contributed by atoms with Gasteiger partial charge in [-0.25, -0.2) is 0 Å². The largest absolute Gasteiger partial charge is 0.497 e. The van der Waals surface area contributed by atoms with E-state index in [9.17, 15) is 9.59 Å². The maximum absolute atomic E-state index is 13.4. The molecule has 0 unspecified atom stereocenters. The molecule has 32 heavy (non-hydrogen) atoms. The Kier molecular flexibility index (Phi) is 6.46. The SMILES string of the molecule is COc1ccc([C@H]2CCCN2C(=O)[C@@H]2CC(=O)N(c3cc(Cl)c(OC)cc3OC)C2)cc1. The van der Waals surface area contributed by atoms with Crippen LogP contribution in [0.25, 0.3) is 0 Å². The fraction of sp³-hybridized carbons (Fsp3) is 0.417. The van der Waals surface area contributed by atoms with Gasteiger partial charge < -0.3 is 24.0 Å². The van der Waals surface area contributed by atoms with Crippen LogP contribution in [-0.4, -0.2) is 51.1 Å². The number of amides is 2. The number of rotatable bonds is 6. The molecule has 0 aliphatic carbocycles. The molecule has 2 heterocycles. The van der Waals surface area contributed by atoms with Gasteiger partial charge in [0.05, 0.1) is 44.0 Å². The van der Waals surface area contributed by atoms with Gasteiger partial charge >= 0.3 is 0 Å². The van der Waals surface area contributed by atoms with Gasteiger partial charge in [0.2, 0.25) is 11.8 Å². The molecule has 0 saturated carbocycles. The van der Waals surface area contributed by atoms with E-state index in [1.165, 1.54) is 14.2 Å². The molecule has 2 saturated heterocycles. The smallest absolute Gasteiger partial charge is 0.228 e. The highest BCUT2D eigenvalue weighted by Gasteiger charge is 2.41. The molecular weight excluding hydrogens is 432 g/mol. The van der Waals surface area contributed by atoms with Crippen LogP contribution < -0.4 is 19.1 Å². The lowest BCUT2D eigenvalue weighted by Gasteiger charge is -2.28. The summed E-state index contributed by atoms with van der Waals surface area (Å²) in [7, 11) is 4.68. The van der Waals surface area contributed by atoms with Gasteiger partial charge in [-0.3, -0.25) is 9.59 Å². The van der Waals surface area contributed by atoms with Crippen molar-refractivity contribution in [1.82, 2.24) is 4.90 Å². The van der Waals surface area contributed by atoms with E-state index in [1.54, 1.807) is 24.1 Å². The number of benzene rings is 2. The van der Waals surface area contributed by atoms with Crippen molar-refractivity contribution in [1.29, 1.82) is 0 Å². The van der Waals surface area contributed by atoms with Crippen molar-refractivity contribution in [2.75, 3.05) is 39.3 Å². The van der Waals surface area contributed by atoms with Crippen molar-refractivity contribution < 1.29 is 23.8 Å². The van der Waals surface area contributed by atoms with Crippen LogP contribution >= 0.6 is 11.6 Å². The number of halogens is 1. The summed E-state index contributed by atoms with van der Waals surface area (Å²) in [6, 6.07) is 11.2. The van der Waals surface area contributed by atoms with Crippen LogP contribution in [0.4, 0.5) is 5.69 Å². The van der Waals surface area contributed by atoms with Crippen LogP contribution in [0.5, 0.6) is 17.2 Å². The van der Waals surface area contributed by atoms with Crippen molar-refractivity contribution in [3.63, 3.8) is 0 Å². The van der Waals surface area contributed by atoms with Gasteiger partial charge in [0.1, 0.15) is 17.2 Å². The summed E-state index contributed by atoms with van der Waals surface area (Å²) in [6.07, 6.45) is 2.01. The minimum absolute atomic E-state index is 0.0118. The Morgan fingerprint density at radius 3 is 2.41 bits per heavy atom. The highest BCUT2D eigenvalue weighted by molar-refractivity contribution is 6.32. The third-order valence-corrected chi connectivity index (χ3v) is 6.55. The van der Waals surface area contributed by atoms with Crippen molar-refractivity contribution >= 4 is 29.1 Å². The van der Waals surface area contributed by atoms with Crippen LogP contribution in [0.3, 0.4) is 0 Å². The molecule has 2 atom stereocenters. The minimum atomic E-state index is -0.410. The Balaban J connectivity index is 1.53. The van der Waals surface area contributed by atoms with Crippen LogP contribution in [-0.2, 0) is 9.59 Å². The standard InChI is InChI=1S/C24H27ClN2O5/c1-30-17-8-6-15(7-9-17)19-5-4-10-26(19)24(29)16-11-23(28)27(14-16)20-12-18(25)21(31-2)13-22(20)32-3/h6-9,12-13,16,19H,4-5,10-11,14H2,1-3H3/t16-,19-/m1/s1. The molecule has 7 nitrogen and oxygen atoms in total. The molecule has 2 amide bonds. The van der Waals surface area contributed by atoms with Crippen LogP contribution in [0.2, 0.25) is 5.02 Å². The van der Waals surface area contributed by atoms with E-state index >= 15 is 0 Å². The molecule has 2 aliphatic rings. The van der Waals surface area contributed by atoms with E-state index in [0.29, 0.717) is 35.3 Å². The first-order valence-corrected chi connectivity index (χ1v) is 11.0. The number of hydrogen-bond donors (Lipinski definition) is 0. The molecule has 0 spiro atoms. The lowest BCUT2D eigenvalue weighted by Crippen LogP contribution is -2.37. The van der Waals surface area contributed by atoms with Crippen LogP contribution in [0.1, 0.15) is 30.9 Å². The number of ether oxygens (including phenoxy) is 3. The van der Waals surface area contributed by atoms with Gasteiger partial charge in [0.15, 0.2) is 0 Å². The first-order valence-electron chi connectivity index (χ1n) is 10.6. The second-order valence-electron chi connectivity index (χ2n) is 8.03. The van der Waals surface area contributed by atoms with Crippen LogP contribution in [0, 0.1) is 5.92 Å². The van der Waals surface area contributed by atoms with Crippen molar-refractivity contribution in [2.24, 2.45) is 5.92 Å². The Bertz CT molecular complexity index is 1010. The topological polar surface area (TPSA) is 68.3 Å². The van der Waals surface area contributed by atoms with Crippen LogP contribution in [0.15, 0.2) is 36.4 Å². The summed E-state index contributed by atoms with van der Waals surface area (Å²) >= 11 is 6.29. The Morgan fingerprint density at radius 2 is 1.75 bits per heavy atom. The zero-order chi connectivity index (χ0) is 22.8. The maximum Gasteiger partial charge on any atom is 0.228 e. The van der Waals surface area contributed by atoms with E-state index in [-0.39, 0.29) is 24.3 Å². The third kappa shape index (κ3) is 4.09. The molecular formula is C24H27ClN2O5. The fourth-order valence-electron chi connectivity index (χ4n) is 4.60. The highest BCUT2D eigenvalue weighted by Crippen LogP contribution is 2.41. The van der Waals surface area contributed by atoms with E-state index < -0.39 is 5.92 Å². The molecule has 4 rings (SSSR count). The van der Waals surface area contributed by atoms with E-state index in [2.05, 4.69) is 0 Å². The normalized spacial score (nSPS) is 20.6. The van der Waals surface area contributed by atoms with Gasteiger partial charge in [-0.2, -0.15) is 0 Å². The van der Waals surface area contributed by atoms with E-state index in [0.717, 1.165) is 24.2 Å². The maximum atomic E-state index is 13.4. The summed E-state index contributed by atoms with van der Waals surface area (Å²) in [5, 5.41) is 0.380. The Hall–Kier alpha value is -2.93. The number of methoxy groups -OCH3 is 3. The molecule has 8 heteroatoms. The van der Waals surface area contributed by atoms with E-state index in [4.69, 9.17) is 25.8 Å². The number of carbonyl (C=O) groups excluding carboxylic acids is 2. The second kappa shape index (κ2) is 9.28. The molecule has 0 aromatic heterocycles. The predicted molar refractivity (Wildman–Crippen MR) is 122 cm³/mol. The number of hydrogen-bond acceptors (Lipinski definition) is 5. The molecule has 0 N–H and O–H groups in total. The van der Waals surface area contributed by atoms with Crippen molar-refractivity contribution in [2.45, 2.75) is 25.3 Å². The van der Waals surface area contributed by atoms with Gasteiger partial charge in [-0.1, -0.05) is 23.7 Å². The predicted octanol–water partition coefficient (Wildman–Crippen LogP) is 4.08. The quantitative estimate of drug-likeness (QED) is 0.652. The monoisotopic (exact) mass is 458 g/mol. The third-order valence-electron chi connectivity index (χ3n) is 6.25. The number of nitrogens with zero attached hydrogens (tertiary/aromatic N) is 2. The van der Waals surface area contributed by atoms with Gasteiger partial charge in [-0.15, -0.1) is 0 Å². The average Bonchev–Trinajstić information content (AvgIpc) is 3.45. The van der Waals surface area contributed by atoms with Gasteiger partial charge in [0, 0.05) is 25.6 Å². The highest BCUT2D eigenvalue weighted by atomic mass is 35.5. The molecule has 170 valence electrons. The minimum Gasteiger partial charge on any atom is -0.497 e.